The molecule has 0 unspecified atom stereocenters. The van der Waals surface area contributed by atoms with Crippen molar-refractivity contribution in [1.82, 2.24) is 10.2 Å². The van der Waals surface area contributed by atoms with Crippen LogP contribution in [-0.4, -0.2) is 31.1 Å². The predicted octanol–water partition coefficient (Wildman–Crippen LogP) is 4.29. The van der Waals surface area contributed by atoms with E-state index in [1.165, 1.54) is 36.2 Å². The standard InChI is InChI=1S/C20H28N2OS/c1-22(16-20-6-4-14-24-20)15-17-7-9-19(10-8-17)23-13-11-18-5-2-3-12-21-18/h4,6-10,14,18,21H,2-3,5,11-13,15-16H2,1H3/t18-/m0/s1. The van der Waals surface area contributed by atoms with Crippen LogP contribution in [-0.2, 0) is 13.1 Å². The fourth-order valence-electron chi connectivity index (χ4n) is 3.22. The molecule has 0 amide bonds. The Kier molecular flexibility index (Phi) is 6.70. The lowest BCUT2D eigenvalue weighted by atomic mass is 10.0. The second-order valence-corrected chi connectivity index (χ2v) is 7.71. The van der Waals surface area contributed by atoms with Gasteiger partial charge >= 0.3 is 0 Å². The first-order valence-corrected chi connectivity index (χ1v) is 9.83. The first kappa shape index (κ1) is 17.5. The van der Waals surface area contributed by atoms with E-state index in [-0.39, 0.29) is 0 Å². The van der Waals surface area contributed by atoms with Gasteiger partial charge in [-0.15, -0.1) is 11.3 Å². The average Bonchev–Trinajstić information content (AvgIpc) is 3.10. The van der Waals surface area contributed by atoms with E-state index in [4.69, 9.17) is 4.74 Å². The van der Waals surface area contributed by atoms with Gasteiger partial charge in [-0.25, -0.2) is 0 Å². The molecule has 1 aromatic heterocycles. The summed E-state index contributed by atoms with van der Waals surface area (Å²) in [6, 6.07) is 13.5. The molecule has 0 bridgehead atoms. The molecule has 24 heavy (non-hydrogen) atoms. The Hall–Kier alpha value is -1.36. The van der Waals surface area contributed by atoms with Crippen LogP contribution in [0.1, 0.15) is 36.1 Å². The molecular weight excluding hydrogens is 316 g/mol. The Bertz CT molecular complexity index is 576. The number of hydrogen-bond donors (Lipinski definition) is 1. The molecule has 4 heteroatoms. The van der Waals surface area contributed by atoms with Gasteiger partial charge in [0, 0.05) is 24.0 Å². The van der Waals surface area contributed by atoms with E-state index in [1.807, 2.05) is 11.3 Å². The van der Waals surface area contributed by atoms with Crippen LogP contribution in [0.4, 0.5) is 0 Å². The maximum Gasteiger partial charge on any atom is 0.119 e. The van der Waals surface area contributed by atoms with Crippen molar-refractivity contribution in [2.24, 2.45) is 0 Å². The lowest BCUT2D eigenvalue weighted by Gasteiger charge is -2.23. The quantitative estimate of drug-likeness (QED) is 0.773. The Morgan fingerprint density at radius 3 is 2.75 bits per heavy atom. The van der Waals surface area contributed by atoms with Crippen molar-refractivity contribution in [2.45, 2.75) is 44.8 Å². The van der Waals surface area contributed by atoms with Gasteiger partial charge < -0.3 is 10.1 Å². The maximum atomic E-state index is 5.90. The van der Waals surface area contributed by atoms with Gasteiger partial charge in [0.05, 0.1) is 6.61 Å². The molecule has 1 saturated heterocycles. The van der Waals surface area contributed by atoms with E-state index in [1.54, 1.807) is 0 Å². The number of nitrogens with one attached hydrogen (secondary N) is 1. The SMILES string of the molecule is CN(Cc1ccc(OCC[C@@H]2CCCCN2)cc1)Cc1cccs1. The normalized spacial score (nSPS) is 18.0. The van der Waals surface area contributed by atoms with Crippen LogP contribution in [0.15, 0.2) is 41.8 Å². The van der Waals surface area contributed by atoms with Crippen molar-refractivity contribution >= 4 is 11.3 Å². The third-order valence-corrected chi connectivity index (χ3v) is 5.39. The zero-order valence-electron chi connectivity index (χ0n) is 14.5. The highest BCUT2D eigenvalue weighted by atomic mass is 32.1. The molecule has 0 spiro atoms. The molecule has 130 valence electrons. The monoisotopic (exact) mass is 344 g/mol. The number of piperidine rings is 1. The highest BCUT2D eigenvalue weighted by molar-refractivity contribution is 7.09. The van der Waals surface area contributed by atoms with Gasteiger partial charge in [0.2, 0.25) is 0 Å². The predicted molar refractivity (Wildman–Crippen MR) is 102 cm³/mol. The summed E-state index contributed by atoms with van der Waals surface area (Å²) in [5, 5.41) is 5.71. The van der Waals surface area contributed by atoms with Crippen molar-refractivity contribution in [1.29, 1.82) is 0 Å². The Balaban J connectivity index is 1.39. The summed E-state index contributed by atoms with van der Waals surface area (Å²) in [6.07, 6.45) is 5.06. The van der Waals surface area contributed by atoms with Crippen LogP contribution >= 0.6 is 11.3 Å². The van der Waals surface area contributed by atoms with Crippen molar-refractivity contribution in [3.05, 3.63) is 52.2 Å². The highest BCUT2D eigenvalue weighted by Crippen LogP contribution is 2.17. The fourth-order valence-corrected chi connectivity index (χ4v) is 4.00. The van der Waals surface area contributed by atoms with Crippen LogP contribution in [0.5, 0.6) is 5.75 Å². The van der Waals surface area contributed by atoms with Crippen molar-refractivity contribution in [3.8, 4) is 5.75 Å². The summed E-state index contributed by atoms with van der Waals surface area (Å²) >= 11 is 1.82. The minimum Gasteiger partial charge on any atom is -0.494 e. The molecule has 1 atom stereocenters. The van der Waals surface area contributed by atoms with E-state index >= 15 is 0 Å². The Morgan fingerprint density at radius 2 is 2.04 bits per heavy atom. The minimum absolute atomic E-state index is 0.643. The summed E-state index contributed by atoms with van der Waals surface area (Å²) in [7, 11) is 2.17. The molecule has 3 rings (SSSR count). The molecular formula is C20H28N2OS. The van der Waals surface area contributed by atoms with Crippen LogP contribution in [0.3, 0.4) is 0 Å². The van der Waals surface area contributed by atoms with Gasteiger partial charge in [-0.3, -0.25) is 4.90 Å². The summed E-state index contributed by atoms with van der Waals surface area (Å²) in [6.45, 7) is 3.93. The number of nitrogens with zero attached hydrogens (tertiary/aromatic N) is 1. The van der Waals surface area contributed by atoms with Crippen LogP contribution in [0, 0.1) is 0 Å². The summed E-state index contributed by atoms with van der Waals surface area (Å²) in [4.78, 5) is 3.75. The molecule has 1 aliphatic rings. The van der Waals surface area contributed by atoms with Gasteiger partial charge in [-0.1, -0.05) is 24.6 Å². The zero-order chi connectivity index (χ0) is 16.6. The average molecular weight is 345 g/mol. The van der Waals surface area contributed by atoms with Crippen molar-refractivity contribution < 1.29 is 4.74 Å². The fraction of sp³-hybridized carbons (Fsp3) is 0.500. The first-order chi connectivity index (χ1) is 11.8. The van der Waals surface area contributed by atoms with E-state index in [0.717, 1.165) is 31.9 Å². The van der Waals surface area contributed by atoms with E-state index < -0.39 is 0 Å². The van der Waals surface area contributed by atoms with Gasteiger partial charge in [0.1, 0.15) is 5.75 Å². The molecule has 1 fully saturated rings. The number of hydrogen-bond acceptors (Lipinski definition) is 4. The molecule has 0 aliphatic carbocycles. The second-order valence-electron chi connectivity index (χ2n) is 6.68. The van der Waals surface area contributed by atoms with Crippen molar-refractivity contribution in [3.63, 3.8) is 0 Å². The summed E-state index contributed by atoms with van der Waals surface area (Å²) in [5.74, 6) is 0.982. The molecule has 3 nitrogen and oxygen atoms in total. The number of thiophene rings is 1. The second kappa shape index (κ2) is 9.21. The van der Waals surface area contributed by atoms with E-state index in [9.17, 15) is 0 Å². The number of rotatable bonds is 8. The minimum atomic E-state index is 0.643. The van der Waals surface area contributed by atoms with E-state index in [0.29, 0.717) is 6.04 Å². The third kappa shape index (κ3) is 5.62. The molecule has 0 saturated carbocycles. The van der Waals surface area contributed by atoms with Crippen LogP contribution in [0.2, 0.25) is 0 Å². The maximum absolute atomic E-state index is 5.90. The van der Waals surface area contributed by atoms with Crippen LogP contribution in [0.25, 0.3) is 0 Å². The van der Waals surface area contributed by atoms with Gasteiger partial charge in [-0.2, -0.15) is 0 Å². The van der Waals surface area contributed by atoms with Gasteiger partial charge in [-0.05, 0) is 62.0 Å². The van der Waals surface area contributed by atoms with Crippen molar-refractivity contribution in [2.75, 3.05) is 20.2 Å². The molecule has 1 aromatic carbocycles. The first-order valence-electron chi connectivity index (χ1n) is 8.95. The van der Waals surface area contributed by atoms with E-state index in [2.05, 4.69) is 59.0 Å². The largest absolute Gasteiger partial charge is 0.494 e. The lowest BCUT2D eigenvalue weighted by molar-refractivity contribution is 0.268. The zero-order valence-corrected chi connectivity index (χ0v) is 15.4. The Labute approximate surface area is 149 Å². The summed E-state index contributed by atoms with van der Waals surface area (Å²) in [5.41, 5.74) is 1.33. The third-order valence-electron chi connectivity index (χ3n) is 4.53. The molecule has 2 aromatic rings. The molecule has 1 N–H and O–H groups in total. The van der Waals surface area contributed by atoms with Crippen LogP contribution < -0.4 is 10.1 Å². The molecule has 1 aliphatic heterocycles. The van der Waals surface area contributed by atoms with Gasteiger partial charge in [0.15, 0.2) is 0 Å². The molecule has 0 radical (unpaired) electrons. The number of ether oxygens (including phenoxy) is 1. The smallest absolute Gasteiger partial charge is 0.119 e. The van der Waals surface area contributed by atoms with Gasteiger partial charge in [0.25, 0.3) is 0 Å². The topological polar surface area (TPSA) is 24.5 Å². The number of benzene rings is 1. The summed E-state index contributed by atoms with van der Waals surface area (Å²) < 4.78 is 5.90. The lowest BCUT2D eigenvalue weighted by Crippen LogP contribution is -2.35. The Morgan fingerprint density at radius 1 is 1.17 bits per heavy atom. The molecule has 2 heterocycles. The highest BCUT2D eigenvalue weighted by Gasteiger charge is 2.12.